The predicted octanol–water partition coefficient (Wildman–Crippen LogP) is 3.63. The van der Waals surface area contributed by atoms with E-state index in [9.17, 15) is 4.79 Å². The van der Waals surface area contributed by atoms with Crippen molar-refractivity contribution >= 4 is 11.9 Å². The average Bonchev–Trinajstić information content (AvgIpc) is 2.42. The molecule has 3 heteroatoms. The molecule has 0 N–H and O–H groups in total. The molecule has 3 aliphatic rings. The molecule has 1 aromatic rings. The zero-order valence-electron chi connectivity index (χ0n) is 13.1. The third-order valence-electron chi connectivity index (χ3n) is 4.77. The average molecular weight is 286 g/mol. The van der Waals surface area contributed by atoms with Crippen LogP contribution in [0.25, 0.3) is 6.08 Å². The fourth-order valence-corrected chi connectivity index (χ4v) is 3.70. The lowest BCUT2D eigenvalue weighted by molar-refractivity contribution is -0.206. The maximum absolute atomic E-state index is 12.7. The second kappa shape index (κ2) is 4.70. The van der Waals surface area contributed by atoms with E-state index < -0.39 is 5.60 Å². The monoisotopic (exact) mass is 286 g/mol. The molecule has 2 atom stereocenters. The number of rotatable bonds is 2. The number of benzene rings is 1. The van der Waals surface area contributed by atoms with Crippen LogP contribution in [0.4, 0.5) is 0 Å². The molecule has 0 radical (unpaired) electrons. The van der Waals surface area contributed by atoms with Crippen LogP contribution in [-0.2, 0) is 9.53 Å². The van der Waals surface area contributed by atoms with Gasteiger partial charge in [0.2, 0.25) is 0 Å². The second-order valence-electron chi connectivity index (χ2n) is 6.73. The molecule has 21 heavy (non-hydrogen) atoms. The zero-order chi connectivity index (χ0) is 15.3. The Bertz CT molecular complexity index is 615. The first-order chi connectivity index (χ1) is 9.86. The van der Waals surface area contributed by atoms with E-state index in [0.29, 0.717) is 0 Å². The van der Waals surface area contributed by atoms with Gasteiger partial charge in [-0.1, -0.05) is 12.1 Å². The molecule has 2 saturated heterocycles. The van der Waals surface area contributed by atoms with E-state index in [1.54, 1.807) is 7.11 Å². The van der Waals surface area contributed by atoms with Crippen LogP contribution in [-0.4, -0.2) is 24.1 Å². The van der Waals surface area contributed by atoms with Crippen molar-refractivity contribution in [3.63, 3.8) is 0 Å². The van der Waals surface area contributed by atoms with Crippen molar-refractivity contribution in [3.8, 4) is 5.75 Å². The number of ketones is 1. The highest BCUT2D eigenvalue weighted by atomic mass is 16.5. The summed E-state index contributed by atoms with van der Waals surface area (Å²) in [5, 5.41) is 0. The van der Waals surface area contributed by atoms with Crippen LogP contribution in [0, 0.1) is 5.92 Å². The first-order valence-corrected chi connectivity index (χ1v) is 7.46. The molecule has 2 heterocycles. The first kappa shape index (κ1) is 14.3. The number of ether oxygens (including phenoxy) is 2. The number of hydrogen-bond donors (Lipinski definition) is 0. The number of fused-ring (bicyclic) bond motifs is 3. The van der Waals surface area contributed by atoms with E-state index in [1.165, 1.54) is 0 Å². The van der Waals surface area contributed by atoms with Crippen LogP contribution < -0.4 is 4.74 Å². The molecule has 112 valence electrons. The molecule has 1 saturated carbocycles. The largest absolute Gasteiger partial charge is 0.497 e. The molecule has 0 aromatic heterocycles. The highest BCUT2D eigenvalue weighted by Gasteiger charge is 2.56. The fourth-order valence-electron chi connectivity index (χ4n) is 3.70. The summed E-state index contributed by atoms with van der Waals surface area (Å²) >= 11 is 0. The van der Waals surface area contributed by atoms with Gasteiger partial charge in [-0.05, 0) is 57.4 Å². The van der Waals surface area contributed by atoms with Gasteiger partial charge < -0.3 is 9.47 Å². The molecule has 3 fully saturated rings. The number of Topliss-reactive ketones (excluding diaryl/α,β-unsaturated/α-hetero) is 1. The normalized spacial score (nSPS) is 32.5. The van der Waals surface area contributed by atoms with Crippen LogP contribution in [0.5, 0.6) is 5.75 Å². The van der Waals surface area contributed by atoms with Gasteiger partial charge in [0, 0.05) is 11.5 Å². The number of hydrogen-bond acceptors (Lipinski definition) is 3. The van der Waals surface area contributed by atoms with Crippen molar-refractivity contribution < 1.29 is 14.3 Å². The smallest absolute Gasteiger partial charge is 0.190 e. The van der Waals surface area contributed by atoms with Crippen molar-refractivity contribution in [2.75, 3.05) is 7.11 Å². The Hall–Kier alpha value is -1.61. The van der Waals surface area contributed by atoms with E-state index in [1.807, 2.05) is 37.3 Å². The van der Waals surface area contributed by atoms with E-state index in [0.717, 1.165) is 29.7 Å². The van der Waals surface area contributed by atoms with Gasteiger partial charge in [-0.15, -0.1) is 0 Å². The fraction of sp³-hybridized carbons (Fsp3) is 0.500. The SMILES string of the molecule is COc1cccc(/C=C2\C(=O)C3(C)CCC2C(C)(C)O3)c1. The molecular formula is C18H22O3. The summed E-state index contributed by atoms with van der Waals surface area (Å²) in [5.41, 5.74) is 0.951. The highest BCUT2D eigenvalue weighted by molar-refractivity contribution is 6.07. The molecular weight excluding hydrogens is 264 g/mol. The predicted molar refractivity (Wildman–Crippen MR) is 82.3 cm³/mol. The molecule has 0 spiro atoms. The Morgan fingerprint density at radius 2 is 2.10 bits per heavy atom. The minimum atomic E-state index is -0.664. The lowest BCUT2D eigenvalue weighted by atomic mass is 9.65. The van der Waals surface area contributed by atoms with Crippen molar-refractivity contribution in [2.24, 2.45) is 5.92 Å². The number of carbonyl (C=O) groups is 1. The topological polar surface area (TPSA) is 35.5 Å². The summed E-state index contributed by atoms with van der Waals surface area (Å²) in [5.74, 6) is 1.11. The summed E-state index contributed by atoms with van der Waals surface area (Å²) in [6.45, 7) is 6.09. The summed E-state index contributed by atoms with van der Waals surface area (Å²) in [6.07, 6.45) is 3.83. The lowest BCUT2D eigenvalue weighted by Gasteiger charge is -2.53. The number of methoxy groups -OCH3 is 1. The Kier molecular flexibility index (Phi) is 3.21. The Balaban J connectivity index is 2.04. The maximum atomic E-state index is 12.7. The maximum Gasteiger partial charge on any atom is 0.190 e. The second-order valence-corrected chi connectivity index (χ2v) is 6.73. The molecule has 2 aliphatic heterocycles. The summed E-state index contributed by atoms with van der Waals surface area (Å²) in [4.78, 5) is 12.7. The summed E-state index contributed by atoms with van der Waals surface area (Å²) in [7, 11) is 1.65. The van der Waals surface area contributed by atoms with E-state index in [4.69, 9.17) is 9.47 Å². The molecule has 4 rings (SSSR count). The van der Waals surface area contributed by atoms with Gasteiger partial charge in [-0.2, -0.15) is 0 Å². The Morgan fingerprint density at radius 3 is 2.76 bits per heavy atom. The molecule has 1 aliphatic carbocycles. The molecule has 3 nitrogen and oxygen atoms in total. The van der Waals surface area contributed by atoms with Gasteiger partial charge in [0.25, 0.3) is 0 Å². The van der Waals surface area contributed by atoms with Crippen molar-refractivity contribution in [3.05, 3.63) is 35.4 Å². The first-order valence-electron chi connectivity index (χ1n) is 7.46. The quantitative estimate of drug-likeness (QED) is 0.779. The minimum Gasteiger partial charge on any atom is -0.497 e. The summed E-state index contributed by atoms with van der Waals surface area (Å²) < 4.78 is 11.3. The van der Waals surface area contributed by atoms with Gasteiger partial charge in [0.15, 0.2) is 5.78 Å². The summed E-state index contributed by atoms with van der Waals surface area (Å²) in [6, 6.07) is 7.81. The van der Waals surface area contributed by atoms with Crippen LogP contribution in [0.3, 0.4) is 0 Å². The number of carbonyl (C=O) groups excluding carboxylic acids is 1. The highest BCUT2D eigenvalue weighted by Crippen LogP contribution is 2.50. The van der Waals surface area contributed by atoms with Crippen LogP contribution in [0.15, 0.2) is 29.8 Å². The molecule has 1 aromatic carbocycles. The van der Waals surface area contributed by atoms with Crippen LogP contribution >= 0.6 is 0 Å². The van der Waals surface area contributed by atoms with Crippen molar-refractivity contribution in [1.29, 1.82) is 0 Å². The molecule has 2 bridgehead atoms. The minimum absolute atomic E-state index is 0.140. The van der Waals surface area contributed by atoms with E-state index in [2.05, 4.69) is 13.8 Å². The van der Waals surface area contributed by atoms with Gasteiger partial charge in [0.05, 0.1) is 12.7 Å². The Morgan fingerprint density at radius 1 is 1.33 bits per heavy atom. The van der Waals surface area contributed by atoms with Crippen LogP contribution in [0.2, 0.25) is 0 Å². The van der Waals surface area contributed by atoms with Crippen molar-refractivity contribution in [1.82, 2.24) is 0 Å². The molecule has 0 amide bonds. The lowest BCUT2D eigenvalue weighted by Crippen LogP contribution is -2.60. The third-order valence-corrected chi connectivity index (χ3v) is 4.77. The van der Waals surface area contributed by atoms with E-state index in [-0.39, 0.29) is 17.3 Å². The Labute approximate surface area is 125 Å². The van der Waals surface area contributed by atoms with Crippen molar-refractivity contribution in [2.45, 2.75) is 44.8 Å². The van der Waals surface area contributed by atoms with Crippen LogP contribution in [0.1, 0.15) is 39.2 Å². The van der Waals surface area contributed by atoms with Gasteiger partial charge in [0.1, 0.15) is 11.4 Å². The zero-order valence-corrected chi connectivity index (χ0v) is 13.1. The van der Waals surface area contributed by atoms with E-state index >= 15 is 0 Å². The third kappa shape index (κ3) is 2.30. The molecule has 2 unspecified atom stereocenters. The van der Waals surface area contributed by atoms with Gasteiger partial charge in [-0.25, -0.2) is 0 Å². The van der Waals surface area contributed by atoms with Gasteiger partial charge >= 0.3 is 0 Å². The standard InChI is InChI=1S/C18H22O3/c1-17(2)15-8-9-18(3,21-17)16(19)14(15)11-12-6-5-7-13(10-12)20-4/h5-7,10-11,15H,8-9H2,1-4H3/b14-11-. The van der Waals surface area contributed by atoms with Gasteiger partial charge in [-0.3, -0.25) is 4.79 Å².